The van der Waals surface area contributed by atoms with Crippen LogP contribution in [0.15, 0.2) is 0 Å². The lowest BCUT2D eigenvalue weighted by Gasteiger charge is -2.35. The van der Waals surface area contributed by atoms with Gasteiger partial charge in [-0.2, -0.15) is 0 Å². The molecule has 2 fully saturated rings. The smallest absolute Gasteiger partial charge is 0.307 e. The predicted octanol–water partition coefficient (Wildman–Crippen LogP) is 0.0242. The average molecular weight is 185 g/mol. The fourth-order valence-electron chi connectivity index (χ4n) is 1.92. The molecule has 0 N–H and O–H groups in total. The van der Waals surface area contributed by atoms with Gasteiger partial charge in [0, 0.05) is 19.1 Å². The van der Waals surface area contributed by atoms with Gasteiger partial charge in [-0.25, -0.2) is 0 Å². The quantitative estimate of drug-likeness (QED) is 0.540. The fourth-order valence-corrected chi connectivity index (χ4v) is 1.92. The van der Waals surface area contributed by atoms with Gasteiger partial charge in [0.2, 0.25) is 0 Å². The molecule has 2 saturated heterocycles. The van der Waals surface area contributed by atoms with Crippen LogP contribution in [0.1, 0.15) is 12.8 Å². The summed E-state index contributed by atoms with van der Waals surface area (Å²) in [5.74, 6) is -0.0530. The van der Waals surface area contributed by atoms with Crippen LogP contribution in [-0.2, 0) is 14.3 Å². The Labute approximate surface area is 77.8 Å². The number of hydrogen-bond acceptors (Lipinski definition) is 4. The number of hydrogen-bond donors (Lipinski definition) is 0. The lowest BCUT2D eigenvalue weighted by atomic mass is 10.1. The van der Waals surface area contributed by atoms with E-state index in [1.807, 2.05) is 0 Å². The summed E-state index contributed by atoms with van der Waals surface area (Å²) >= 11 is 0. The molecule has 0 amide bonds. The highest BCUT2D eigenvalue weighted by molar-refractivity contribution is 5.70. The molecule has 0 aromatic carbocycles. The number of morpholine rings is 1. The molecule has 1 unspecified atom stereocenters. The van der Waals surface area contributed by atoms with Crippen LogP contribution in [0.25, 0.3) is 0 Å². The Hall–Kier alpha value is -0.610. The van der Waals surface area contributed by atoms with E-state index in [1.54, 1.807) is 0 Å². The second-order valence-electron chi connectivity index (χ2n) is 3.52. The Morgan fingerprint density at radius 1 is 1.23 bits per heavy atom. The summed E-state index contributed by atoms with van der Waals surface area (Å²) in [6.07, 6.45) is 1.53. The number of ether oxygens (including phenoxy) is 2. The van der Waals surface area contributed by atoms with Crippen molar-refractivity contribution in [1.29, 1.82) is 0 Å². The molecule has 0 bridgehead atoms. The summed E-state index contributed by atoms with van der Waals surface area (Å²) in [5.41, 5.74) is 0. The minimum Gasteiger partial charge on any atom is -0.466 e. The molecule has 0 aromatic rings. The Balaban J connectivity index is 1.87. The van der Waals surface area contributed by atoms with E-state index in [2.05, 4.69) is 4.90 Å². The Bertz CT molecular complexity index is 189. The summed E-state index contributed by atoms with van der Waals surface area (Å²) in [4.78, 5) is 13.4. The number of esters is 1. The van der Waals surface area contributed by atoms with Gasteiger partial charge >= 0.3 is 5.97 Å². The second kappa shape index (κ2) is 4.07. The van der Waals surface area contributed by atoms with Crippen LogP contribution in [0.3, 0.4) is 0 Å². The van der Waals surface area contributed by atoms with Gasteiger partial charge in [-0.15, -0.1) is 0 Å². The number of cyclic esters (lactones) is 1. The number of rotatable bonds is 1. The predicted molar refractivity (Wildman–Crippen MR) is 46.4 cm³/mol. The van der Waals surface area contributed by atoms with Crippen molar-refractivity contribution in [2.24, 2.45) is 0 Å². The molecular weight excluding hydrogens is 170 g/mol. The maximum absolute atomic E-state index is 11.0. The first-order chi connectivity index (χ1) is 6.36. The van der Waals surface area contributed by atoms with E-state index in [9.17, 15) is 4.79 Å². The highest BCUT2D eigenvalue weighted by Crippen LogP contribution is 2.16. The lowest BCUT2D eigenvalue weighted by Crippen LogP contribution is -2.46. The molecule has 2 rings (SSSR count). The van der Waals surface area contributed by atoms with Gasteiger partial charge in [0.25, 0.3) is 0 Å². The molecule has 0 spiro atoms. The minimum absolute atomic E-state index is 0.0530. The molecule has 74 valence electrons. The SMILES string of the molecule is O=C1CC(N2CCOCC2)CCO1. The molecule has 0 radical (unpaired) electrons. The highest BCUT2D eigenvalue weighted by Gasteiger charge is 2.27. The monoisotopic (exact) mass is 185 g/mol. The van der Waals surface area contributed by atoms with Gasteiger partial charge in [-0.1, -0.05) is 0 Å². The third kappa shape index (κ3) is 2.19. The van der Waals surface area contributed by atoms with Gasteiger partial charge in [-0.3, -0.25) is 9.69 Å². The standard InChI is InChI=1S/C9H15NO3/c11-9-7-8(1-4-13-9)10-2-5-12-6-3-10/h8H,1-7H2. The van der Waals surface area contributed by atoms with Crippen LogP contribution in [0.5, 0.6) is 0 Å². The van der Waals surface area contributed by atoms with E-state index in [0.29, 0.717) is 19.1 Å². The molecule has 2 heterocycles. The summed E-state index contributed by atoms with van der Waals surface area (Å²) in [5, 5.41) is 0. The summed E-state index contributed by atoms with van der Waals surface area (Å²) in [6.45, 7) is 4.09. The number of carbonyl (C=O) groups excluding carboxylic acids is 1. The molecule has 4 heteroatoms. The molecule has 1 atom stereocenters. The van der Waals surface area contributed by atoms with Crippen molar-refractivity contribution >= 4 is 5.97 Å². The van der Waals surface area contributed by atoms with E-state index in [-0.39, 0.29) is 5.97 Å². The van der Waals surface area contributed by atoms with E-state index in [1.165, 1.54) is 0 Å². The van der Waals surface area contributed by atoms with Crippen LogP contribution in [0.2, 0.25) is 0 Å². The molecule has 0 aromatic heterocycles. The van der Waals surface area contributed by atoms with Crippen molar-refractivity contribution < 1.29 is 14.3 Å². The Morgan fingerprint density at radius 2 is 2.00 bits per heavy atom. The van der Waals surface area contributed by atoms with Crippen molar-refractivity contribution in [3.8, 4) is 0 Å². The maximum Gasteiger partial charge on any atom is 0.307 e. The van der Waals surface area contributed by atoms with E-state index < -0.39 is 0 Å². The number of nitrogens with zero attached hydrogens (tertiary/aromatic N) is 1. The van der Waals surface area contributed by atoms with E-state index >= 15 is 0 Å². The van der Waals surface area contributed by atoms with Gasteiger partial charge in [-0.05, 0) is 6.42 Å². The first kappa shape index (κ1) is 8.97. The van der Waals surface area contributed by atoms with Gasteiger partial charge < -0.3 is 9.47 Å². The molecule has 4 nitrogen and oxygen atoms in total. The Kier molecular flexibility index (Phi) is 2.80. The lowest BCUT2D eigenvalue weighted by molar-refractivity contribution is -0.150. The molecule has 0 aliphatic carbocycles. The first-order valence-electron chi connectivity index (χ1n) is 4.83. The zero-order chi connectivity index (χ0) is 9.10. The normalized spacial score (nSPS) is 31.4. The molecule has 2 aliphatic heterocycles. The minimum atomic E-state index is -0.0530. The zero-order valence-corrected chi connectivity index (χ0v) is 7.70. The van der Waals surface area contributed by atoms with E-state index in [0.717, 1.165) is 32.7 Å². The van der Waals surface area contributed by atoms with Crippen molar-refractivity contribution in [3.63, 3.8) is 0 Å². The molecular formula is C9H15NO3. The third-order valence-corrected chi connectivity index (χ3v) is 2.68. The summed E-state index contributed by atoms with van der Waals surface area (Å²) in [6, 6.07) is 0.394. The summed E-state index contributed by atoms with van der Waals surface area (Å²) in [7, 11) is 0. The molecule has 0 saturated carbocycles. The maximum atomic E-state index is 11.0. The van der Waals surface area contributed by atoms with Crippen molar-refractivity contribution in [1.82, 2.24) is 4.90 Å². The second-order valence-corrected chi connectivity index (χ2v) is 3.52. The summed E-state index contributed by atoms with van der Waals surface area (Å²) < 4.78 is 10.2. The highest BCUT2D eigenvalue weighted by atomic mass is 16.5. The third-order valence-electron chi connectivity index (χ3n) is 2.68. The van der Waals surface area contributed by atoms with Crippen LogP contribution >= 0.6 is 0 Å². The van der Waals surface area contributed by atoms with Gasteiger partial charge in [0.05, 0.1) is 26.2 Å². The van der Waals surface area contributed by atoms with Crippen LogP contribution in [-0.4, -0.2) is 49.8 Å². The van der Waals surface area contributed by atoms with Gasteiger partial charge in [0.1, 0.15) is 0 Å². The van der Waals surface area contributed by atoms with Crippen LogP contribution < -0.4 is 0 Å². The van der Waals surface area contributed by atoms with Crippen molar-refractivity contribution in [2.45, 2.75) is 18.9 Å². The fraction of sp³-hybridized carbons (Fsp3) is 0.889. The van der Waals surface area contributed by atoms with E-state index in [4.69, 9.17) is 9.47 Å². The van der Waals surface area contributed by atoms with Crippen LogP contribution in [0.4, 0.5) is 0 Å². The molecule has 2 aliphatic rings. The number of carbonyl (C=O) groups is 1. The van der Waals surface area contributed by atoms with Crippen molar-refractivity contribution in [3.05, 3.63) is 0 Å². The largest absolute Gasteiger partial charge is 0.466 e. The first-order valence-corrected chi connectivity index (χ1v) is 4.83. The van der Waals surface area contributed by atoms with Crippen molar-refractivity contribution in [2.75, 3.05) is 32.9 Å². The topological polar surface area (TPSA) is 38.8 Å². The molecule has 13 heavy (non-hydrogen) atoms. The zero-order valence-electron chi connectivity index (χ0n) is 7.70. The Morgan fingerprint density at radius 3 is 2.69 bits per heavy atom. The van der Waals surface area contributed by atoms with Crippen LogP contribution in [0, 0.1) is 0 Å². The van der Waals surface area contributed by atoms with Gasteiger partial charge in [0.15, 0.2) is 0 Å². The average Bonchev–Trinajstić information content (AvgIpc) is 2.19.